The van der Waals surface area contributed by atoms with Gasteiger partial charge in [-0.25, -0.2) is 0 Å². The van der Waals surface area contributed by atoms with Crippen molar-refractivity contribution in [3.05, 3.63) is 64.7 Å². The SMILES string of the molecule is CCOC(=O)CCCCOc1ccc2c(c1)CCc1ccccc1C2=O. The van der Waals surface area contributed by atoms with Gasteiger partial charge in [0.1, 0.15) is 5.75 Å². The van der Waals surface area contributed by atoms with Crippen molar-refractivity contribution in [2.75, 3.05) is 13.2 Å². The van der Waals surface area contributed by atoms with Crippen molar-refractivity contribution in [1.29, 1.82) is 0 Å². The molecule has 2 aromatic carbocycles. The van der Waals surface area contributed by atoms with Gasteiger partial charge in [-0.05, 0) is 61.9 Å². The number of carbonyl (C=O) groups excluding carboxylic acids is 2. The number of carbonyl (C=O) groups is 2. The number of hydrogen-bond donors (Lipinski definition) is 0. The van der Waals surface area contributed by atoms with E-state index in [4.69, 9.17) is 9.47 Å². The zero-order valence-electron chi connectivity index (χ0n) is 15.1. The number of rotatable bonds is 7. The lowest BCUT2D eigenvalue weighted by molar-refractivity contribution is -0.143. The number of aryl methyl sites for hydroxylation is 2. The van der Waals surface area contributed by atoms with Gasteiger partial charge in [0.2, 0.25) is 0 Å². The first-order valence-electron chi connectivity index (χ1n) is 9.23. The number of unbranched alkanes of at least 4 members (excludes halogenated alkanes) is 1. The van der Waals surface area contributed by atoms with Crippen molar-refractivity contribution in [3.8, 4) is 5.75 Å². The zero-order chi connectivity index (χ0) is 18.4. The van der Waals surface area contributed by atoms with Crippen LogP contribution in [0.2, 0.25) is 0 Å². The molecule has 3 rings (SSSR count). The van der Waals surface area contributed by atoms with Gasteiger partial charge in [-0.2, -0.15) is 0 Å². The van der Waals surface area contributed by atoms with Crippen LogP contribution in [0, 0.1) is 0 Å². The summed E-state index contributed by atoms with van der Waals surface area (Å²) < 4.78 is 10.7. The molecule has 0 spiro atoms. The minimum Gasteiger partial charge on any atom is -0.494 e. The van der Waals surface area contributed by atoms with Crippen molar-refractivity contribution in [2.24, 2.45) is 0 Å². The molecule has 0 aromatic heterocycles. The summed E-state index contributed by atoms with van der Waals surface area (Å²) in [6.45, 7) is 2.78. The van der Waals surface area contributed by atoms with Crippen molar-refractivity contribution >= 4 is 11.8 Å². The quantitative estimate of drug-likeness (QED) is 0.555. The van der Waals surface area contributed by atoms with Crippen molar-refractivity contribution in [3.63, 3.8) is 0 Å². The highest BCUT2D eigenvalue weighted by Crippen LogP contribution is 2.27. The Hall–Kier alpha value is -2.62. The van der Waals surface area contributed by atoms with Gasteiger partial charge in [0.15, 0.2) is 5.78 Å². The fourth-order valence-electron chi connectivity index (χ4n) is 3.26. The Balaban J connectivity index is 1.58. The molecule has 4 heteroatoms. The lowest BCUT2D eigenvalue weighted by Gasteiger charge is -2.10. The van der Waals surface area contributed by atoms with Crippen molar-refractivity contribution < 1.29 is 19.1 Å². The van der Waals surface area contributed by atoms with Crippen molar-refractivity contribution in [1.82, 2.24) is 0 Å². The molecule has 0 amide bonds. The fourth-order valence-corrected chi connectivity index (χ4v) is 3.26. The van der Waals surface area contributed by atoms with Gasteiger partial charge in [0.25, 0.3) is 0 Å². The van der Waals surface area contributed by atoms with Crippen LogP contribution >= 0.6 is 0 Å². The number of ether oxygens (including phenoxy) is 2. The molecule has 1 aliphatic carbocycles. The predicted molar refractivity (Wildman–Crippen MR) is 99.7 cm³/mol. The van der Waals surface area contributed by atoms with Gasteiger partial charge in [-0.1, -0.05) is 24.3 Å². The van der Waals surface area contributed by atoms with Crippen LogP contribution in [0.5, 0.6) is 5.75 Å². The standard InChI is InChI=1S/C22H24O4/c1-2-25-21(23)9-5-6-14-26-18-12-13-20-17(15-18)11-10-16-7-3-4-8-19(16)22(20)24/h3-4,7-8,12-13,15H,2,5-6,9-11,14H2,1H3. The van der Waals surface area contributed by atoms with E-state index in [0.717, 1.165) is 53.7 Å². The van der Waals surface area contributed by atoms with E-state index < -0.39 is 0 Å². The van der Waals surface area contributed by atoms with Crippen LogP contribution in [0.25, 0.3) is 0 Å². The lowest BCUT2D eigenvalue weighted by Crippen LogP contribution is -2.06. The second kappa shape index (κ2) is 8.65. The van der Waals surface area contributed by atoms with Gasteiger partial charge >= 0.3 is 5.97 Å². The Kier molecular flexibility index (Phi) is 6.05. The van der Waals surface area contributed by atoms with E-state index in [2.05, 4.69) is 0 Å². The van der Waals surface area contributed by atoms with Gasteiger partial charge in [0.05, 0.1) is 13.2 Å². The summed E-state index contributed by atoms with van der Waals surface area (Å²) in [5.74, 6) is 0.711. The molecule has 0 N–H and O–H groups in total. The maximum Gasteiger partial charge on any atom is 0.305 e. The zero-order valence-corrected chi connectivity index (χ0v) is 15.1. The molecule has 0 fully saturated rings. The van der Waals surface area contributed by atoms with Crippen LogP contribution < -0.4 is 4.74 Å². The van der Waals surface area contributed by atoms with E-state index >= 15 is 0 Å². The average Bonchev–Trinajstić information content (AvgIpc) is 2.79. The summed E-state index contributed by atoms with van der Waals surface area (Å²) in [6.07, 6.45) is 3.65. The topological polar surface area (TPSA) is 52.6 Å². The first-order valence-corrected chi connectivity index (χ1v) is 9.23. The fraction of sp³-hybridized carbons (Fsp3) is 0.364. The molecule has 1 aliphatic rings. The van der Waals surface area contributed by atoms with Crippen LogP contribution in [0.3, 0.4) is 0 Å². The van der Waals surface area contributed by atoms with Gasteiger partial charge in [-0.15, -0.1) is 0 Å². The van der Waals surface area contributed by atoms with Crippen LogP contribution in [-0.2, 0) is 22.4 Å². The molecule has 0 bridgehead atoms. The molecule has 0 unspecified atom stereocenters. The van der Waals surface area contributed by atoms with Crippen molar-refractivity contribution in [2.45, 2.75) is 39.0 Å². The Labute approximate surface area is 154 Å². The average molecular weight is 352 g/mol. The molecule has 0 heterocycles. The molecule has 0 atom stereocenters. The number of benzene rings is 2. The largest absolute Gasteiger partial charge is 0.494 e. The molecule has 0 saturated heterocycles. The third-order valence-corrected chi connectivity index (χ3v) is 4.60. The second-order valence-corrected chi connectivity index (χ2v) is 6.42. The van der Waals surface area contributed by atoms with Crippen LogP contribution in [-0.4, -0.2) is 25.0 Å². The molecular formula is C22H24O4. The summed E-state index contributed by atoms with van der Waals surface area (Å²) in [4.78, 5) is 24.1. The minimum absolute atomic E-state index is 0.0917. The highest BCUT2D eigenvalue weighted by molar-refractivity contribution is 6.11. The summed E-state index contributed by atoms with van der Waals surface area (Å²) in [5, 5.41) is 0. The first-order chi connectivity index (χ1) is 12.7. The third-order valence-electron chi connectivity index (χ3n) is 4.60. The molecule has 0 aliphatic heterocycles. The van der Waals surface area contributed by atoms with E-state index in [1.807, 2.05) is 49.4 Å². The highest BCUT2D eigenvalue weighted by atomic mass is 16.5. The highest BCUT2D eigenvalue weighted by Gasteiger charge is 2.21. The molecule has 0 radical (unpaired) electrons. The number of fused-ring (bicyclic) bond motifs is 2. The maximum atomic E-state index is 12.8. The molecule has 4 nitrogen and oxygen atoms in total. The van der Waals surface area contributed by atoms with Crippen LogP contribution in [0.15, 0.2) is 42.5 Å². The Morgan fingerprint density at radius 2 is 1.77 bits per heavy atom. The molecule has 0 saturated carbocycles. The van der Waals surface area contributed by atoms with Gasteiger partial charge < -0.3 is 9.47 Å². The van der Waals surface area contributed by atoms with Gasteiger partial charge in [-0.3, -0.25) is 9.59 Å². The molecule has 136 valence electrons. The van der Waals surface area contributed by atoms with E-state index in [1.54, 1.807) is 0 Å². The Morgan fingerprint density at radius 1 is 1.00 bits per heavy atom. The summed E-state index contributed by atoms with van der Waals surface area (Å²) >= 11 is 0. The third kappa shape index (κ3) is 4.31. The van der Waals surface area contributed by atoms with Gasteiger partial charge in [0, 0.05) is 17.5 Å². The molecule has 26 heavy (non-hydrogen) atoms. The number of esters is 1. The van der Waals surface area contributed by atoms with E-state index in [0.29, 0.717) is 19.6 Å². The summed E-state index contributed by atoms with van der Waals surface area (Å²) in [6, 6.07) is 13.5. The van der Waals surface area contributed by atoms with E-state index in [-0.39, 0.29) is 11.8 Å². The monoisotopic (exact) mass is 352 g/mol. The number of ketones is 1. The molecule has 2 aromatic rings. The Morgan fingerprint density at radius 3 is 2.62 bits per heavy atom. The smallest absolute Gasteiger partial charge is 0.305 e. The maximum absolute atomic E-state index is 12.8. The lowest BCUT2D eigenvalue weighted by atomic mass is 9.99. The van der Waals surface area contributed by atoms with E-state index in [1.165, 1.54) is 0 Å². The normalized spacial score (nSPS) is 12.7. The predicted octanol–water partition coefficient (Wildman–Crippen LogP) is 4.13. The minimum atomic E-state index is -0.157. The first kappa shape index (κ1) is 18.2. The van der Waals surface area contributed by atoms with E-state index in [9.17, 15) is 9.59 Å². The summed E-state index contributed by atoms with van der Waals surface area (Å²) in [7, 11) is 0. The van der Waals surface area contributed by atoms with Crippen LogP contribution in [0.1, 0.15) is 53.2 Å². The number of hydrogen-bond acceptors (Lipinski definition) is 4. The molecular weight excluding hydrogens is 328 g/mol. The summed E-state index contributed by atoms with van der Waals surface area (Å²) in [5.41, 5.74) is 3.72. The van der Waals surface area contributed by atoms with Crippen LogP contribution in [0.4, 0.5) is 0 Å². The Bertz CT molecular complexity index is 794. The second-order valence-electron chi connectivity index (χ2n) is 6.42.